The molecule has 2 aliphatic rings. The monoisotopic (exact) mass is 478 g/mol. The molecule has 3 heterocycles. The van der Waals surface area contributed by atoms with Crippen molar-refractivity contribution in [2.75, 3.05) is 0 Å². The highest BCUT2D eigenvalue weighted by molar-refractivity contribution is 5.79. The van der Waals surface area contributed by atoms with E-state index in [9.17, 15) is 8.78 Å². The van der Waals surface area contributed by atoms with Crippen LogP contribution in [0.15, 0.2) is 42.7 Å². The zero-order chi connectivity index (χ0) is 24.0. The molecule has 0 spiro atoms. The Hall–Kier alpha value is -3.27. The summed E-state index contributed by atoms with van der Waals surface area (Å²) < 4.78 is 30.8. The summed E-state index contributed by atoms with van der Waals surface area (Å²) in [5, 5.41) is 21.2. The van der Waals surface area contributed by atoms with Gasteiger partial charge in [-0.3, -0.25) is 15.0 Å². The predicted octanol–water partition coefficient (Wildman–Crippen LogP) is 4.38. The third-order valence-electron chi connectivity index (χ3n) is 7.22. The molecule has 0 bridgehead atoms. The molecule has 1 unspecified atom stereocenters. The van der Waals surface area contributed by atoms with Crippen molar-refractivity contribution in [1.29, 1.82) is 0 Å². The van der Waals surface area contributed by atoms with E-state index in [1.165, 1.54) is 23.9 Å². The first-order valence-electron chi connectivity index (χ1n) is 12.2. The van der Waals surface area contributed by atoms with Gasteiger partial charge in [0.2, 0.25) is 0 Å². The number of hydrogen-bond donors (Lipinski definition) is 1. The number of fused-ring (bicyclic) bond motifs is 1. The van der Waals surface area contributed by atoms with Gasteiger partial charge in [0.25, 0.3) is 5.92 Å². The molecule has 0 saturated heterocycles. The predicted molar refractivity (Wildman–Crippen MR) is 126 cm³/mol. The Balaban J connectivity index is 1.28. The second-order valence-corrected chi connectivity index (χ2v) is 10.0. The molecular weight excluding hydrogens is 450 g/mol. The number of benzene rings is 1. The van der Waals surface area contributed by atoms with Crippen molar-refractivity contribution in [3.8, 4) is 0 Å². The molecular formula is C25H28F2N8. The summed E-state index contributed by atoms with van der Waals surface area (Å²) in [5.74, 6) is -1.45. The zero-order valence-electron chi connectivity index (χ0n) is 19.6. The first kappa shape index (κ1) is 22.2. The molecule has 6 rings (SSSR count). The van der Waals surface area contributed by atoms with Crippen LogP contribution in [0.5, 0.6) is 0 Å². The molecule has 2 fully saturated rings. The van der Waals surface area contributed by atoms with Gasteiger partial charge in [0, 0.05) is 43.1 Å². The quantitative estimate of drug-likeness (QED) is 0.405. The summed E-state index contributed by atoms with van der Waals surface area (Å²) >= 11 is 0. The number of rotatable bonds is 8. The number of nitrogens with zero attached hydrogens (tertiary/aromatic N) is 7. The van der Waals surface area contributed by atoms with Crippen LogP contribution < -0.4 is 5.32 Å². The van der Waals surface area contributed by atoms with Crippen LogP contribution in [0.25, 0.3) is 10.9 Å². The minimum Gasteiger partial charge on any atom is -0.298 e. The fourth-order valence-electron chi connectivity index (χ4n) is 4.96. The van der Waals surface area contributed by atoms with E-state index in [-0.39, 0.29) is 12.8 Å². The number of pyridine rings is 1. The average molecular weight is 479 g/mol. The Morgan fingerprint density at radius 3 is 2.80 bits per heavy atom. The highest BCUT2D eigenvalue weighted by Gasteiger charge is 2.48. The zero-order valence-corrected chi connectivity index (χ0v) is 19.6. The fraction of sp³-hybridized carbons (Fsp3) is 0.480. The van der Waals surface area contributed by atoms with E-state index in [1.807, 2.05) is 42.1 Å². The summed E-state index contributed by atoms with van der Waals surface area (Å²) in [6.45, 7) is 3.52. The smallest absolute Gasteiger partial charge is 0.252 e. The van der Waals surface area contributed by atoms with Crippen LogP contribution in [-0.4, -0.2) is 40.9 Å². The fourth-order valence-corrected chi connectivity index (χ4v) is 4.96. The lowest BCUT2D eigenvalue weighted by Gasteiger charge is -2.35. The van der Waals surface area contributed by atoms with Crippen molar-refractivity contribution >= 4 is 10.9 Å². The Bertz CT molecular complexity index is 1330. The number of nitrogens with one attached hydrogen (secondary N) is 1. The number of alkyl halides is 2. The van der Waals surface area contributed by atoms with E-state index >= 15 is 0 Å². The van der Waals surface area contributed by atoms with E-state index < -0.39 is 18.0 Å². The molecule has 0 amide bonds. The van der Waals surface area contributed by atoms with Gasteiger partial charge in [-0.2, -0.15) is 5.10 Å². The molecule has 2 aliphatic carbocycles. The molecule has 182 valence electrons. The largest absolute Gasteiger partial charge is 0.298 e. The number of tetrazole rings is 1. The Kier molecular flexibility index (Phi) is 5.55. The molecule has 0 radical (unpaired) electrons. The van der Waals surface area contributed by atoms with Gasteiger partial charge in [0.1, 0.15) is 6.04 Å². The highest BCUT2D eigenvalue weighted by Crippen LogP contribution is 2.45. The van der Waals surface area contributed by atoms with Crippen LogP contribution in [0.2, 0.25) is 0 Å². The van der Waals surface area contributed by atoms with E-state index in [0.717, 1.165) is 40.2 Å². The minimum absolute atomic E-state index is 0.254. The summed E-state index contributed by atoms with van der Waals surface area (Å²) in [5.41, 5.74) is 3.81. The highest BCUT2D eigenvalue weighted by atomic mass is 19.3. The number of hydrogen-bond acceptors (Lipinski definition) is 6. The van der Waals surface area contributed by atoms with Gasteiger partial charge >= 0.3 is 0 Å². The average Bonchev–Trinajstić information content (AvgIpc) is 3.44. The van der Waals surface area contributed by atoms with Gasteiger partial charge in [-0.05, 0) is 54.3 Å². The van der Waals surface area contributed by atoms with Gasteiger partial charge in [0.15, 0.2) is 5.82 Å². The molecule has 1 atom stereocenters. The van der Waals surface area contributed by atoms with Crippen LogP contribution >= 0.6 is 0 Å². The molecule has 3 aromatic heterocycles. The van der Waals surface area contributed by atoms with Crippen molar-refractivity contribution in [1.82, 2.24) is 40.3 Å². The molecule has 8 nitrogen and oxygen atoms in total. The lowest BCUT2D eigenvalue weighted by atomic mass is 9.85. The Morgan fingerprint density at radius 1 is 1.17 bits per heavy atom. The number of aryl methyl sites for hydroxylation is 1. The number of halogens is 2. The second-order valence-electron chi connectivity index (χ2n) is 10.0. The van der Waals surface area contributed by atoms with Crippen molar-refractivity contribution in [3.63, 3.8) is 0 Å². The Labute approximate surface area is 201 Å². The van der Waals surface area contributed by atoms with E-state index in [1.54, 1.807) is 0 Å². The van der Waals surface area contributed by atoms with Gasteiger partial charge in [-0.25, -0.2) is 13.5 Å². The van der Waals surface area contributed by atoms with Crippen LogP contribution in [0.1, 0.15) is 66.8 Å². The first-order chi connectivity index (χ1) is 16.9. The third-order valence-corrected chi connectivity index (χ3v) is 7.22. The van der Waals surface area contributed by atoms with Crippen LogP contribution in [0.4, 0.5) is 8.78 Å². The van der Waals surface area contributed by atoms with Gasteiger partial charge in [-0.1, -0.05) is 24.1 Å². The van der Waals surface area contributed by atoms with Gasteiger partial charge < -0.3 is 0 Å². The standard InChI is InChI=1S/C25H28F2N8/c1-16-5-7-21-19(9-16)6-8-22(30-21)23(24-31-32-33-35(24)20-10-25(26,27)11-20)28-12-18-13-29-34(15-18)14-17-3-2-4-17/h5-9,13,15,17,20,23,28H,2-4,10-12,14H2,1H3. The van der Waals surface area contributed by atoms with Crippen LogP contribution in [-0.2, 0) is 13.1 Å². The molecule has 1 N–H and O–H groups in total. The molecule has 10 heteroatoms. The van der Waals surface area contributed by atoms with Gasteiger partial charge in [0.05, 0.1) is 23.4 Å². The lowest BCUT2D eigenvalue weighted by molar-refractivity contribution is -0.108. The van der Waals surface area contributed by atoms with Crippen molar-refractivity contribution in [2.45, 2.75) is 70.1 Å². The number of aromatic nitrogens is 7. The minimum atomic E-state index is -2.66. The van der Waals surface area contributed by atoms with Crippen LogP contribution in [0.3, 0.4) is 0 Å². The second kappa shape index (κ2) is 8.75. The SMILES string of the molecule is Cc1ccc2nc(C(NCc3cnn(CC4CCC4)c3)c3nnnn3C3CC(F)(F)C3)ccc2c1. The maximum atomic E-state index is 13.6. The van der Waals surface area contributed by atoms with Crippen molar-refractivity contribution in [3.05, 3.63) is 65.4 Å². The van der Waals surface area contributed by atoms with E-state index in [4.69, 9.17) is 4.98 Å². The van der Waals surface area contributed by atoms with Crippen molar-refractivity contribution < 1.29 is 8.78 Å². The molecule has 2 saturated carbocycles. The molecule has 0 aliphatic heterocycles. The summed E-state index contributed by atoms with van der Waals surface area (Å²) in [6.07, 6.45) is 7.27. The maximum Gasteiger partial charge on any atom is 0.252 e. The van der Waals surface area contributed by atoms with Crippen LogP contribution in [0, 0.1) is 12.8 Å². The van der Waals surface area contributed by atoms with E-state index in [2.05, 4.69) is 38.2 Å². The Morgan fingerprint density at radius 2 is 2.03 bits per heavy atom. The van der Waals surface area contributed by atoms with Crippen molar-refractivity contribution in [2.24, 2.45) is 5.92 Å². The first-order valence-corrected chi connectivity index (χ1v) is 12.2. The normalized spacial score (nSPS) is 18.9. The van der Waals surface area contributed by atoms with E-state index in [0.29, 0.717) is 12.4 Å². The maximum absolute atomic E-state index is 13.6. The summed E-state index contributed by atoms with van der Waals surface area (Å²) in [6, 6.07) is 9.21. The third kappa shape index (κ3) is 4.54. The molecule has 35 heavy (non-hydrogen) atoms. The topological polar surface area (TPSA) is 86.3 Å². The van der Waals surface area contributed by atoms with Gasteiger partial charge in [-0.15, -0.1) is 5.10 Å². The molecule has 4 aromatic rings. The molecule has 1 aromatic carbocycles. The summed E-state index contributed by atoms with van der Waals surface area (Å²) in [4.78, 5) is 4.88. The lowest BCUT2D eigenvalue weighted by Crippen LogP contribution is -2.39. The summed E-state index contributed by atoms with van der Waals surface area (Å²) in [7, 11) is 0.